The van der Waals surface area contributed by atoms with Crippen LogP contribution in [0.5, 0.6) is 11.5 Å². The van der Waals surface area contributed by atoms with Gasteiger partial charge in [0.15, 0.2) is 11.4 Å². The van der Waals surface area contributed by atoms with E-state index in [-0.39, 0.29) is 35.0 Å². The highest BCUT2D eigenvalue weighted by molar-refractivity contribution is 6.14. The van der Waals surface area contributed by atoms with Gasteiger partial charge < -0.3 is 19.4 Å². The first-order chi connectivity index (χ1) is 14.6. The first kappa shape index (κ1) is 21.1. The fraction of sp³-hybridized carbons (Fsp3) is 0.360. The molecule has 0 saturated carbocycles. The van der Waals surface area contributed by atoms with Crippen LogP contribution in [0.15, 0.2) is 45.6 Å². The molecule has 1 aromatic heterocycles. The summed E-state index contributed by atoms with van der Waals surface area (Å²) < 4.78 is 11.6. The number of Topliss-reactive ketones (excluding diaryl/α,β-unsaturated/α-hetero) is 1. The largest absolute Gasteiger partial charge is 0.507 e. The van der Waals surface area contributed by atoms with E-state index in [1.165, 1.54) is 6.07 Å². The van der Waals surface area contributed by atoms with Crippen molar-refractivity contribution in [3.63, 3.8) is 0 Å². The zero-order chi connectivity index (χ0) is 22.5. The highest BCUT2D eigenvalue weighted by Crippen LogP contribution is 2.49. The number of phenolic OH excluding ortho intramolecular Hbond substituents is 1. The van der Waals surface area contributed by atoms with Gasteiger partial charge in [0.25, 0.3) is 0 Å². The Labute approximate surface area is 180 Å². The van der Waals surface area contributed by atoms with E-state index in [4.69, 9.17) is 9.15 Å². The molecule has 1 aliphatic heterocycles. The number of aromatic hydroxyl groups is 1. The number of hydrogen-bond acceptors (Lipinski definition) is 6. The van der Waals surface area contributed by atoms with Crippen LogP contribution in [0.25, 0.3) is 22.1 Å². The van der Waals surface area contributed by atoms with E-state index in [0.717, 1.165) is 5.56 Å². The third-order valence-electron chi connectivity index (χ3n) is 6.04. The second-order valence-corrected chi connectivity index (χ2v) is 8.72. The van der Waals surface area contributed by atoms with Gasteiger partial charge in [-0.05, 0) is 25.8 Å². The van der Waals surface area contributed by atoms with Crippen LogP contribution in [0.1, 0.15) is 50.0 Å². The maximum absolute atomic E-state index is 13.2. The third kappa shape index (κ3) is 3.51. The summed E-state index contributed by atoms with van der Waals surface area (Å²) in [6, 6.07) is 10.6. The van der Waals surface area contributed by atoms with Crippen LogP contribution in [0, 0.1) is 5.92 Å². The monoisotopic (exact) mass is 422 g/mol. The molecular formula is C25H26O6. The van der Waals surface area contributed by atoms with Gasteiger partial charge in [0.2, 0.25) is 0 Å². The smallest absolute Gasteiger partial charge is 0.336 e. The van der Waals surface area contributed by atoms with Crippen molar-refractivity contribution >= 4 is 16.8 Å². The number of phenols is 1. The first-order valence-corrected chi connectivity index (χ1v) is 10.5. The number of hydrogen-bond donors (Lipinski definition) is 2. The zero-order valence-electron chi connectivity index (χ0n) is 18.1. The highest BCUT2D eigenvalue weighted by Gasteiger charge is 2.40. The van der Waals surface area contributed by atoms with E-state index in [2.05, 4.69) is 0 Å². The Morgan fingerprint density at radius 1 is 1.26 bits per heavy atom. The van der Waals surface area contributed by atoms with Gasteiger partial charge in [-0.3, -0.25) is 4.79 Å². The van der Waals surface area contributed by atoms with Gasteiger partial charge in [-0.15, -0.1) is 0 Å². The number of carbonyl (C=O) groups excluding carboxylic acids is 1. The maximum Gasteiger partial charge on any atom is 0.336 e. The number of rotatable bonds is 5. The molecule has 31 heavy (non-hydrogen) atoms. The van der Waals surface area contributed by atoms with Gasteiger partial charge in [0.1, 0.15) is 23.2 Å². The molecule has 4 rings (SSSR count). The van der Waals surface area contributed by atoms with E-state index in [1.54, 1.807) is 20.8 Å². The van der Waals surface area contributed by atoms with Gasteiger partial charge in [-0.2, -0.15) is 0 Å². The predicted molar refractivity (Wildman–Crippen MR) is 118 cm³/mol. The van der Waals surface area contributed by atoms with Crippen molar-refractivity contribution in [2.24, 2.45) is 5.92 Å². The Balaban J connectivity index is 2.13. The van der Waals surface area contributed by atoms with Crippen LogP contribution >= 0.6 is 0 Å². The lowest BCUT2D eigenvalue weighted by molar-refractivity contribution is -0.0225. The molecule has 0 unspecified atom stereocenters. The summed E-state index contributed by atoms with van der Waals surface area (Å²) in [5.41, 5.74) is -0.0370. The van der Waals surface area contributed by atoms with Crippen molar-refractivity contribution in [2.75, 3.05) is 0 Å². The molecule has 2 heterocycles. The van der Waals surface area contributed by atoms with Crippen LogP contribution < -0.4 is 10.4 Å². The minimum atomic E-state index is -1.18. The number of ketones is 1. The van der Waals surface area contributed by atoms with E-state index in [9.17, 15) is 19.8 Å². The molecule has 3 aromatic rings. The van der Waals surface area contributed by atoms with Gasteiger partial charge in [-0.1, -0.05) is 44.2 Å². The number of benzene rings is 2. The lowest BCUT2D eigenvalue weighted by Gasteiger charge is -2.24. The molecule has 0 fully saturated rings. The van der Waals surface area contributed by atoms with Gasteiger partial charge in [-0.25, -0.2) is 4.79 Å². The van der Waals surface area contributed by atoms with Crippen molar-refractivity contribution in [1.29, 1.82) is 0 Å². The molecule has 0 amide bonds. The summed E-state index contributed by atoms with van der Waals surface area (Å²) in [4.78, 5) is 25.7. The average molecular weight is 422 g/mol. The molecule has 2 N–H and O–H groups in total. The predicted octanol–water partition coefficient (Wildman–Crippen LogP) is 4.47. The number of ether oxygens (including phenoxy) is 1. The maximum atomic E-state index is 13.2. The number of carbonyl (C=O) groups is 1. The zero-order valence-corrected chi connectivity index (χ0v) is 18.1. The third-order valence-corrected chi connectivity index (χ3v) is 6.04. The van der Waals surface area contributed by atoms with E-state index >= 15 is 0 Å². The fourth-order valence-electron chi connectivity index (χ4n) is 4.00. The summed E-state index contributed by atoms with van der Waals surface area (Å²) in [5.74, 6) is -0.575. The first-order valence-electron chi connectivity index (χ1n) is 10.5. The number of fused-ring (bicyclic) bond motifs is 3. The van der Waals surface area contributed by atoms with E-state index in [1.807, 2.05) is 37.3 Å². The molecule has 2 aromatic carbocycles. The van der Waals surface area contributed by atoms with Gasteiger partial charge in [0.05, 0.1) is 11.0 Å². The Morgan fingerprint density at radius 2 is 1.94 bits per heavy atom. The van der Waals surface area contributed by atoms with Crippen LogP contribution in [0.3, 0.4) is 0 Å². The van der Waals surface area contributed by atoms with Crippen LogP contribution in [0.4, 0.5) is 0 Å². The van der Waals surface area contributed by atoms with Crippen LogP contribution in [-0.2, 0) is 6.42 Å². The fourth-order valence-corrected chi connectivity index (χ4v) is 4.00. The molecule has 162 valence electrons. The summed E-state index contributed by atoms with van der Waals surface area (Å²) in [5, 5.41) is 22.1. The van der Waals surface area contributed by atoms with Crippen molar-refractivity contribution < 1.29 is 24.2 Å². The van der Waals surface area contributed by atoms with E-state index < -0.39 is 17.3 Å². The average Bonchev–Trinajstić information content (AvgIpc) is 3.19. The molecule has 6 heteroatoms. The molecule has 0 radical (unpaired) electrons. The van der Waals surface area contributed by atoms with Crippen molar-refractivity contribution in [3.8, 4) is 22.6 Å². The normalized spacial score (nSPS) is 16.7. The Hall–Kier alpha value is -3.12. The van der Waals surface area contributed by atoms with Crippen molar-refractivity contribution in [2.45, 2.75) is 52.2 Å². The molecular weight excluding hydrogens is 396 g/mol. The Morgan fingerprint density at radius 3 is 2.55 bits per heavy atom. The minimum absolute atomic E-state index is 0.00187. The number of aliphatic hydroxyl groups is 1. The molecule has 0 saturated heterocycles. The lowest BCUT2D eigenvalue weighted by Crippen LogP contribution is -2.39. The van der Waals surface area contributed by atoms with Gasteiger partial charge in [0, 0.05) is 29.5 Å². The molecule has 6 nitrogen and oxygen atoms in total. The quantitative estimate of drug-likeness (QED) is 0.465. The summed E-state index contributed by atoms with van der Waals surface area (Å²) >= 11 is 0. The topological polar surface area (TPSA) is 97.0 Å². The molecule has 0 spiro atoms. The highest BCUT2D eigenvalue weighted by atomic mass is 16.5. The van der Waals surface area contributed by atoms with Crippen molar-refractivity contribution in [1.82, 2.24) is 0 Å². The second kappa shape index (κ2) is 7.54. The van der Waals surface area contributed by atoms with Crippen LogP contribution in [0.2, 0.25) is 0 Å². The van der Waals surface area contributed by atoms with E-state index in [0.29, 0.717) is 28.7 Å². The summed E-state index contributed by atoms with van der Waals surface area (Å²) in [6.07, 6.45) is 0.179. The molecule has 0 aliphatic carbocycles. The molecule has 0 bridgehead atoms. The molecule has 1 aliphatic rings. The van der Waals surface area contributed by atoms with Crippen molar-refractivity contribution in [3.05, 3.63) is 57.9 Å². The van der Waals surface area contributed by atoms with Crippen LogP contribution in [-0.4, -0.2) is 27.7 Å². The second-order valence-electron chi connectivity index (χ2n) is 8.72. The lowest BCUT2D eigenvalue weighted by atomic mass is 9.89. The minimum Gasteiger partial charge on any atom is -0.507 e. The van der Waals surface area contributed by atoms with Gasteiger partial charge >= 0.3 is 5.63 Å². The standard InChI is InChI=1S/C25H26O6/c1-5-13(2)21(27)20-22(28)16-11-17(25(3,4)29)30-23(16)19-15(12-18(26)31-24(19)20)14-9-7-6-8-10-14/h6-10,12-13,17,28-29H,5,11H2,1-4H3/t13-,17+/m1/s1. The Bertz CT molecular complexity index is 1220. The SMILES string of the molecule is CC[C@@H](C)C(=O)c1c(O)c2c(c3c(-c4ccccc4)cc(=O)oc13)O[C@H](C(C)(C)O)C2. The Kier molecular flexibility index (Phi) is 5.13. The molecule has 2 atom stereocenters. The summed E-state index contributed by atoms with van der Waals surface area (Å²) in [7, 11) is 0. The summed E-state index contributed by atoms with van der Waals surface area (Å²) in [6.45, 7) is 6.92.